The van der Waals surface area contributed by atoms with Crippen molar-refractivity contribution in [3.63, 3.8) is 0 Å². The second kappa shape index (κ2) is 4.43. The maximum atomic E-state index is 12.6. The molecular weight excluding hydrogens is 223 g/mol. The molecule has 15 heavy (non-hydrogen) atoms. The predicted octanol–water partition coefficient (Wildman–Crippen LogP) is 3.95. The van der Waals surface area contributed by atoms with Crippen molar-refractivity contribution in [2.75, 3.05) is 6.26 Å². The smallest absolute Gasteiger partial charge is 0.249 e. The summed E-state index contributed by atoms with van der Waals surface area (Å²) in [6.07, 6.45) is -1.61. The molecule has 5 heteroatoms. The minimum absolute atomic E-state index is 0.157. The van der Waals surface area contributed by atoms with E-state index >= 15 is 0 Å². The first-order chi connectivity index (χ1) is 6.86. The largest absolute Gasteiger partial charge is 0.418 e. The van der Waals surface area contributed by atoms with E-state index in [2.05, 4.69) is 4.98 Å². The Morgan fingerprint density at radius 2 is 1.93 bits per heavy atom. The fourth-order valence-electron chi connectivity index (χ4n) is 1.28. The van der Waals surface area contributed by atoms with E-state index in [1.807, 2.05) is 0 Å². The van der Waals surface area contributed by atoms with E-state index in [-0.39, 0.29) is 5.92 Å². The third kappa shape index (κ3) is 2.87. The molecule has 1 aromatic heterocycles. The number of hydrogen-bond acceptors (Lipinski definition) is 2. The van der Waals surface area contributed by atoms with Crippen molar-refractivity contribution < 1.29 is 13.2 Å². The second-order valence-electron chi connectivity index (χ2n) is 3.47. The van der Waals surface area contributed by atoms with Gasteiger partial charge in [-0.25, -0.2) is 4.98 Å². The number of pyridine rings is 1. The Bertz CT molecular complexity index is 347. The van der Waals surface area contributed by atoms with Crippen LogP contribution < -0.4 is 0 Å². The van der Waals surface area contributed by atoms with Crippen molar-refractivity contribution in [2.45, 2.75) is 31.0 Å². The zero-order valence-electron chi connectivity index (χ0n) is 8.72. The highest BCUT2D eigenvalue weighted by Gasteiger charge is 2.34. The molecule has 0 aliphatic carbocycles. The average molecular weight is 235 g/mol. The second-order valence-corrected chi connectivity index (χ2v) is 4.29. The molecular formula is C10H12F3NS. The molecule has 0 atom stereocenters. The Hall–Kier alpha value is -0.710. The minimum atomic E-state index is -4.32. The van der Waals surface area contributed by atoms with Crippen LogP contribution in [0.4, 0.5) is 13.2 Å². The van der Waals surface area contributed by atoms with Crippen LogP contribution in [0.25, 0.3) is 0 Å². The maximum absolute atomic E-state index is 12.6. The summed E-state index contributed by atoms with van der Waals surface area (Å²) in [6.45, 7) is 3.49. The topological polar surface area (TPSA) is 12.9 Å². The highest BCUT2D eigenvalue weighted by Crippen LogP contribution is 2.35. The molecule has 0 amide bonds. The monoisotopic (exact) mass is 235 g/mol. The first kappa shape index (κ1) is 12.4. The summed E-state index contributed by atoms with van der Waals surface area (Å²) in [5.74, 6) is -0.157. The molecule has 0 saturated heterocycles. The molecule has 0 saturated carbocycles. The lowest BCUT2D eigenvalue weighted by molar-refractivity contribution is -0.138. The first-order valence-electron chi connectivity index (χ1n) is 4.47. The van der Waals surface area contributed by atoms with Crippen LogP contribution >= 0.6 is 11.8 Å². The van der Waals surface area contributed by atoms with Crippen LogP contribution in [0.5, 0.6) is 0 Å². The van der Waals surface area contributed by atoms with E-state index in [9.17, 15) is 13.2 Å². The van der Waals surface area contributed by atoms with Gasteiger partial charge in [0.25, 0.3) is 0 Å². The van der Waals surface area contributed by atoms with Crippen molar-refractivity contribution in [2.24, 2.45) is 0 Å². The van der Waals surface area contributed by atoms with Crippen molar-refractivity contribution >= 4 is 11.8 Å². The van der Waals surface area contributed by atoms with Gasteiger partial charge in [-0.2, -0.15) is 13.2 Å². The van der Waals surface area contributed by atoms with Gasteiger partial charge >= 0.3 is 6.18 Å². The van der Waals surface area contributed by atoms with Gasteiger partial charge in [0.1, 0.15) is 0 Å². The zero-order chi connectivity index (χ0) is 11.6. The Morgan fingerprint density at radius 1 is 1.33 bits per heavy atom. The van der Waals surface area contributed by atoms with Crippen molar-refractivity contribution in [1.29, 1.82) is 0 Å². The van der Waals surface area contributed by atoms with Crippen LogP contribution in [-0.4, -0.2) is 11.2 Å². The van der Waals surface area contributed by atoms with Gasteiger partial charge in [-0.1, -0.05) is 13.8 Å². The average Bonchev–Trinajstić information content (AvgIpc) is 2.15. The molecule has 0 unspecified atom stereocenters. The summed E-state index contributed by atoms with van der Waals surface area (Å²) >= 11 is 1.34. The normalized spacial score (nSPS) is 12.2. The van der Waals surface area contributed by atoms with E-state index in [1.165, 1.54) is 17.8 Å². The number of rotatable bonds is 2. The maximum Gasteiger partial charge on any atom is 0.418 e. The van der Waals surface area contributed by atoms with Gasteiger partial charge in [0.2, 0.25) is 0 Å². The Kier molecular flexibility index (Phi) is 3.65. The number of halogens is 3. The van der Waals surface area contributed by atoms with Crippen LogP contribution in [-0.2, 0) is 6.18 Å². The molecule has 0 spiro atoms. The van der Waals surface area contributed by atoms with Crippen LogP contribution in [0.1, 0.15) is 30.9 Å². The van der Waals surface area contributed by atoms with Crippen LogP contribution in [0.3, 0.4) is 0 Å². The Balaban J connectivity index is 3.28. The number of hydrogen-bond donors (Lipinski definition) is 0. The number of thioether (sulfide) groups is 1. The molecule has 0 radical (unpaired) electrons. The van der Waals surface area contributed by atoms with Crippen molar-refractivity contribution in [3.05, 3.63) is 23.4 Å². The van der Waals surface area contributed by atoms with Gasteiger partial charge in [-0.05, 0) is 23.8 Å². The summed E-state index contributed by atoms with van der Waals surface area (Å²) < 4.78 is 37.8. The number of aromatic nitrogens is 1. The molecule has 0 fully saturated rings. The van der Waals surface area contributed by atoms with E-state index in [1.54, 1.807) is 20.1 Å². The molecule has 1 heterocycles. The molecule has 1 rings (SSSR count). The molecule has 0 aliphatic rings. The third-order valence-corrected chi connectivity index (χ3v) is 2.69. The molecule has 0 aromatic carbocycles. The van der Waals surface area contributed by atoms with E-state index in [0.717, 1.165) is 6.20 Å². The van der Waals surface area contributed by atoms with Gasteiger partial charge in [-0.15, -0.1) is 11.8 Å². The predicted molar refractivity (Wildman–Crippen MR) is 55.1 cm³/mol. The summed E-state index contributed by atoms with van der Waals surface area (Å²) in [6, 6.07) is 1.51. The molecule has 0 aliphatic heterocycles. The Labute approximate surface area is 91.1 Å². The van der Waals surface area contributed by atoms with Gasteiger partial charge in [-0.3, -0.25) is 0 Å². The fraction of sp³-hybridized carbons (Fsp3) is 0.500. The van der Waals surface area contributed by atoms with Crippen LogP contribution in [0.2, 0.25) is 0 Å². The quantitative estimate of drug-likeness (QED) is 0.720. The molecule has 1 aromatic rings. The molecule has 0 bridgehead atoms. The van der Waals surface area contributed by atoms with Crippen molar-refractivity contribution in [1.82, 2.24) is 4.98 Å². The summed E-state index contributed by atoms with van der Waals surface area (Å²) in [4.78, 5) is 3.75. The van der Waals surface area contributed by atoms with Gasteiger partial charge in [0, 0.05) is 6.20 Å². The molecule has 84 valence electrons. The summed E-state index contributed by atoms with van der Waals surface area (Å²) in [7, 11) is 0. The molecule has 1 nitrogen and oxygen atoms in total. The zero-order valence-corrected chi connectivity index (χ0v) is 9.54. The van der Waals surface area contributed by atoms with Crippen LogP contribution in [0.15, 0.2) is 17.3 Å². The lowest BCUT2D eigenvalue weighted by atomic mass is 9.99. The standard InChI is InChI=1S/C10H12F3NS/c1-6(2)7-4-9(15-3)14-5-8(7)10(11,12)13/h4-6H,1-3H3. The lowest BCUT2D eigenvalue weighted by Gasteiger charge is -2.15. The molecule has 0 N–H and O–H groups in total. The van der Waals surface area contributed by atoms with Gasteiger partial charge < -0.3 is 0 Å². The number of nitrogens with zero attached hydrogens (tertiary/aromatic N) is 1. The Morgan fingerprint density at radius 3 is 2.33 bits per heavy atom. The van der Waals surface area contributed by atoms with E-state index < -0.39 is 11.7 Å². The third-order valence-electron chi connectivity index (χ3n) is 2.05. The fourth-order valence-corrected chi connectivity index (χ4v) is 1.68. The van der Waals surface area contributed by atoms with Gasteiger partial charge in [0.05, 0.1) is 10.6 Å². The van der Waals surface area contributed by atoms with Crippen molar-refractivity contribution in [3.8, 4) is 0 Å². The van der Waals surface area contributed by atoms with Gasteiger partial charge in [0.15, 0.2) is 0 Å². The van der Waals surface area contributed by atoms with Crippen LogP contribution in [0, 0.1) is 0 Å². The summed E-state index contributed by atoms with van der Waals surface area (Å²) in [5, 5.41) is 0.617. The SMILES string of the molecule is CSc1cc(C(C)C)c(C(F)(F)F)cn1. The number of alkyl halides is 3. The highest BCUT2D eigenvalue weighted by atomic mass is 32.2. The van der Waals surface area contributed by atoms with E-state index in [0.29, 0.717) is 10.6 Å². The summed E-state index contributed by atoms with van der Waals surface area (Å²) in [5.41, 5.74) is -0.322. The highest BCUT2D eigenvalue weighted by molar-refractivity contribution is 7.98. The first-order valence-corrected chi connectivity index (χ1v) is 5.70. The minimum Gasteiger partial charge on any atom is -0.249 e. The van der Waals surface area contributed by atoms with E-state index in [4.69, 9.17) is 0 Å². The lowest BCUT2D eigenvalue weighted by Crippen LogP contribution is -2.11.